The molecule has 0 bridgehead atoms. The van der Waals surface area contributed by atoms with Gasteiger partial charge in [-0.15, -0.1) is 0 Å². The quantitative estimate of drug-likeness (QED) is 0.696. The van der Waals surface area contributed by atoms with Gasteiger partial charge in [0, 0.05) is 17.3 Å². The van der Waals surface area contributed by atoms with Crippen LogP contribution in [0, 0.1) is 12.7 Å². The highest BCUT2D eigenvalue weighted by molar-refractivity contribution is 6.30. The summed E-state index contributed by atoms with van der Waals surface area (Å²) in [7, 11) is 0. The lowest BCUT2D eigenvalue weighted by atomic mass is 10.2. The lowest BCUT2D eigenvalue weighted by molar-refractivity contribution is 0.102. The van der Waals surface area contributed by atoms with Gasteiger partial charge in [0.2, 0.25) is 0 Å². The van der Waals surface area contributed by atoms with E-state index >= 15 is 0 Å². The fourth-order valence-electron chi connectivity index (χ4n) is 2.29. The molecular weight excluding hydrogens is 355 g/mol. The Kier molecular flexibility index (Phi) is 5.43. The monoisotopic (exact) mass is 370 g/mol. The van der Waals surface area contributed by atoms with Gasteiger partial charge in [0.1, 0.15) is 17.3 Å². The van der Waals surface area contributed by atoms with E-state index in [0.717, 1.165) is 11.1 Å². The van der Waals surface area contributed by atoms with Gasteiger partial charge in [-0.1, -0.05) is 23.7 Å². The normalized spacial score (nSPS) is 10.4. The molecule has 0 aliphatic carbocycles. The van der Waals surface area contributed by atoms with Crippen molar-refractivity contribution in [2.75, 3.05) is 10.6 Å². The average molecular weight is 371 g/mol. The van der Waals surface area contributed by atoms with Gasteiger partial charge in [0.25, 0.3) is 5.91 Å². The maximum Gasteiger partial charge on any atom is 0.275 e. The van der Waals surface area contributed by atoms with Crippen LogP contribution in [0.5, 0.6) is 0 Å². The number of anilines is 2. The van der Waals surface area contributed by atoms with E-state index in [1.807, 2.05) is 6.92 Å². The Hall–Kier alpha value is -2.99. The smallest absolute Gasteiger partial charge is 0.275 e. The number of aryl methyl sites for hydroxylation is 1. The first kappa shape index (κ1) is 17.8. The Balaban J connectivity index is 1.61. The summed E-state index contributed by atoms with van der Waals surface area (Å²) in [6.45, 7) is 2.33. The Labute approximate surface area is 155 Å². The molecule has 3 aromatic rings. The molecule has 1 aromatic heterocycles. The van der Waals surface area contributed by atoms with Crippen molar-refractivity contribution in [3.05, 3.63) is 82.5 Å². The second-order valence-electron chi connectivity index (χ2n) is 5.68. The summed E-state index contributed by atoms with van der Waals surface area (Å²) in [5.41, 5.74) is 2.64. The van der Waals surface area contributed by atoms with Crippen LogP contribution in [0.2, 0.25) is 5.02 Å². The van der Waals surface area contributed by atoms with Gasteiger partial charge in [-0.3, -0.25) is 4.79 Å². The lowest BCUT2D eigenvalue weighted by Crippen LogP contribution is -2.15. The maximum absolute atomic E-state index is 12.9. The standard InChI is InChI=1S/C19H16ClFN4O/c1-12-8-14(20)4-7-16(12)25-19(26)17-10-24-18(11-22-17)23-9-13-2-5-15(21)6-3-13/h2-8,10-11H,9H2,1H3,(H,23,24)(H,25,26). The van der Waals surface area contributed by atoms with Gasteiger partial charge in [-0.25, -0.2) is 14.4 Å². The molecule has 132 valence electrons. The third kappa shape index (κ3) is 4.55. The number of amides is 1. The summed E-state index contributed by atoms with van der Waals surface area (Å²) >= 11 is 5.91. The van der Waals surface area contributed by atoms with E-state index in [-0.39, 0.29) is 17.4 Å². The van der Waals surface area contributed by atoms with E-state index in [2.05, 4.69) is 20.6 Å². The van der Waals surface area contributed by atoms with E-state index in [1.165, 1.54) is 24.5 Å². The molecule has 0 spiro atoms. The molecule has 2 N–H and O–H groups in total. The van der Waals surface area contributed by atoms with Crippen molar-refractivity contribution < 1.29 is 9.18 Å². The van der Waals surface area contributed by atoms with E-state index < -0.39 is 0 Å². The molecule has 0 atom stereocenters. The van der Waals surface area contributed by atoms with Gasteiger partial charge < -0.3 is 10.6 Å². The van der Waals surface area contributed by atoms with E-state index in [4.69, 9.17) is 11.6 Å². The fourth-order valence-corrected chi connectivity index (χ4v) is 2.51. The largest absolute Gasteiger partial charge is 0.365 e. The molecule has 0 saturated heterocycles. The van der Waals surface area contributed by atoms with Gasteiger partial charge >= 0.3 is 0 Å². The number of nitrogens with one attached hydrogen (secondary N) is 2. The Morgan fingerprint density at radius 1 is 1.12 bits per heavy atom. The van der Waals surface area contributed by atoms with Gasteiger partial charge in [-0.2, -0.15) is 0 Å². The summed E-state index contributed by atoms with van der Waals surface area (Å²) in [5.74, 6) is -0.110. The van der Waals surface area contributed by atoms with Crippen molar-refractivity contribution in [3.63, 3.8) is 0 Å². The van der Waals surface area contributed by atoms with Crippen molar-refractivity contribution in [2.24, 2.45) is 0 Å². The number of carbonyl (C=O) groups is 1. The van der Waals surface area contributed by atoms with E-state index in [0.29, 0.717) is 23.1 Å². The molecule has 0 aliphatic heterocycles. The number of hydrogen-bond acceptors (Lipinski definition) is 4. The average Bonchev–Trinajstić information content (AvgIpc) is 2.64. The molecule has 7 heteroatoms. The van der Waals surface area contributed by atoms with Crippen LogP contribution in [-0.4, -0.2) is 15.9 Å². The second kappa shape index (κ2) is 7.93. The van der Waals surface area contributed by atoms with Crippen molar-refractivity contribution >= 4 is 29.0 Å². The van der Waals surface area contributed by atoms with Crippen LogP contribution < -0.4 is 10.6 Å². The van der Waals surface area contributed by atoms with Crippen molar-refractivity contribution in [1.82, 2.24) is 9.97 Å². The zero-order chi connectivity index (χ0) is 18.5. The Morgan fingerprint density at radius 3 is 2.54 bits per heavy atom. The number of benzene rings is 2. The summed E-state index contributed by atoms with van der Waals surface area (Å²) in [6.07, 6.45) is 2.88. The minimum atomic E-state index is -0.354. The number of nitrogens with zero attached hydrogens (tertiary/aromatic N) is 2. The van der Waals surface area contributed by atoms with Crippen molar-refractivity contribution in [1.29, 1.82) is 0 Å². The number of carbonyl (C=O) groups excluding carboxylic acids is 1. The highest BCUT2D eigenvalue weighted by atomic mass is 35.5. The fraction of sp³-hybridized carbons (Fsp3) is 0.105. The van der Waals surface area contributed by atoms with Crippen molar-refractivity contribution in [3.8, 4) is 0 Å². The zero-order valence-corrected chi connectivity index (χ0v) is 14.7. The Bertz CT molecular complexity index is 914. The topological polar surface area (TPSA) is 66.9 Å². The molecule has 5 nitrogen and oxygen atoms in total. The molecule has 0 saturated carbocycles. The van der Waals surface area contributed by atoms with E-state index in [9.17, 15) is 9.18 Å². The number of rotatable bonds is 5. The minimum absolute atomic E-state index is 0.201. The molecule has 0 aliphatic rings. The van der Waals surface area contributed by atoms with Crippen LogP contribution in [0.4, 0.5) is 15.9 Å². The van der Waals surface area contributed by atoms with Crippen LogP contribution in [-0.2, 0) is 6.54 Å². The predicted octanol–water partition coefficient (Wildman–Crippen LogP) is 4.44. The summed E-state index contributed by atoms with van der Waals surface area (Å²) < 4.78 is 12.9. The molecule has 3 rings (SSSR count). The molecule has 0 fully saturated rings. The molecule has 26 heavy (non-hydrogen) atoms. The number of aromatic nitrogens is 2. The molecule has 2 aromatic carbocycles. The summed E-state index contributed by atoms with van der Waals surface area (Å²) in [4.78, 5) is 20.6. The predicted molar refractivity (Wildman–Crippen MR) is 99.9 cm³/mol. The second-order valence-corrected chi connectivity index (χ2v) is 6.12. The van der Waals surface area contributed by atoms with Crippen LogP contribution >= 0.6 is 11.6 Å². The molecular formula is C19H16ClFN4O. The van der Waals surface area contributed by atoms with Crippen LogP contribution in [0.25, 0.3) is 0 Å². The van der Waals surface area contributed by atoms with Crippen LogP contribution in [0.3, 0.4) is 0 Å². The first-order valence-electron chi connectivity index (χ1n) is 7.89. The van der Waals surface area contributed by atoms with Crippen LogP contribution in [0.1, 0.15) is 21.6 Å². The highest BCUT2D eigenvalue weighted by Gasteiger charge is 2.10. The molecule has 1 amide bonds. The zero-order valence-electron chi connectivity index (χ0n) is 14.0. The summed E-state index contributed by atoms with van der Waals surface area (Å²) in [5, 5.41) is 6.46. The number of halogens is 2. The minimum Gasteiger partial charge on any atom is -0.365 e. The van der Waals surface area contributed by atoms with E-state index in [1.54, 1.807) is 30.3 Å². The maximum atomic E-state index is 12.9. The van der Waals surface area contributed by atoms with Crippen LogP contribution in [0.15, 0.2) is 54.9 Å². The third-order valence-electron chi connectivity index (χ3n) is 3.71. The van der Waals surface area contributed by atoms with Gasteiger partial charge in [0.15, 0.2) is 0 Å². The number of hydrogen-bond donors (Lipinski definition) is 2. The van der Waals surface area contributed by atoms with Crippen molar-refractivity contribution in [2.45, 2.75) is 13.5 Å². The molecule has 0 unspecified atom stereocenters. The first-order valence-corrected chi connectivity index (χ1v) is 8.27. The Morgan fingerprint density at radius 2 is 1.88 bits per heavy atom. The summed E-state index contributed by atoms with van der Waals surface area (Å²) in [6, 6.07) is 11.4. The SMILES string of the molecule is Cc1cc(Cl)ccc1NC(=O)c1cnc(NCc2ccc(F)cc2)cn1. The third-order valence-corrected chi connectivity index (χ3v) is 3.94. The first-order chi connectivity index (χ1) is 12.5. The molecule has 1 heterocycles. The van der Waals surface area contributed by atoms with Gasteiger partial charge in [-0.05, 0) is 48.4 Å². The highest BCUT2D eigenvalue weighted by Crippen LogP contribution is 2.20. The van der Waals surface area contributed by atoms with Gasteiger partial charge in [0.05, 0.1) is 12.4 Å². The molecule has 0 radical (unpaired) electrons. The lowest BCUT2D eigenvalue weighted by Gasteiger charge is -2.09.